The molecule has 10 nitrogen and oxygen atoms in total. The van der Waals surface area contributed by atoms with E-state index in [1.165, 1.54) is 0 Å². The standard InChI is InChI=1S/C31H45N5O5/c1-5-23(37)11-7-6-8-14-26-30(40)36-27(16-21-18-32-25-13-10-9-12-24(21)25)31(41)34-22(15-19(2)3)17-28(38)33-20(4)29(39)35-26/h9-10,12-13,18-20,22,26-27,32H,5-8,11,14-17H2,1-4H3,(H,33,38)(H,34,41)(H,35,39)(H,36,40)/t20-,22-,26-,27-/m0/s1. The van der Waals surface area contributed by atoms with Crippen molar-refractivity contribution in [2.75, 3.05) is 0 Å². The number of nitrogens with one attached hydrogen (secondary N) is 5. The Morgan fingerprint density at radius 2 is 1.61 bits per heavy atom. The van der Waals surface area contributed by atoms with E-state index >= 15 is 0 Å². The van der Waals surface area contributed by atoms with E-state index in [0.717, 1.165) is 22.9 Å². The first-order valence-electron chi connectivity index (χ1n) is 14.8. The lowest BCUT2D eigenvalue weighted by molar-refractivity contribution is -0.133. The average Bonchev–Trinajstić information content (AvgIpc) is 3.33. The van der Waals surface area contributed by atoms with Crippen molar-refractivity contribution < 1.29 is 24.0 Å². The van der Waals surface area contributed by atoms with Crippen LogP contribution < -0.4 is 21.3 Å². The van der Waals surface area contributed by atoms with E-state index in [2.05, 4.69) is 26.3 Å². The van der Waals surface area contributed by atoms with E-state index < -0.39 is 36.0 Å². The zero-order valence-electron chi connectivity index (χ0n) is 24.7. The third-order valence-corrected chi connectivity index (χ3v) is 7.51. The molecule has 0 aliphatic carbocycles. The highest BCUT2D eigenvalue weighted by molar-refractivity contribution is 5.95. The number of unbranched alkanes of at least 4 members (excludes halogenated alkanes) is 2. The molecule has 1 saturated heterocycles. The Hall–Kier alpha value is -3.69. The number of rotatable bonds is 11. The molecular formula is C31H45N5O5. The minimum atomic E-state index is -0.917. The summed E-state index contributed by atoms with van der Waals surface area (Å²) in [5, 5.41) is 12.4. The molecule has 1 aliphatic rings. The Kier molecular flexibility index (Phi) is 11.9. The fourth-order valence-corrected chi connectivity index (χ4v) is 5.25. The molecule has 0 radical (unpaired) electrons. The van der Waals surface area contributed by atoms with Crippen LogP contribution in [0.15, 0.2) is 30.5 Å². The fraction of sp³-hybridized carbons (Fsp3) is 0.581. The van der Waals surface area contributed by atoms with Crippen molar-refractivity contribution in [1.82, 2.24) is 26.3 Å². The summed E-state index contributed by atoms with van der Waals surface area (Å²) in [7, 11) is 0. The third kappa shape index (κ3) is 9.72. The number of amides is 4. The van der Waals surface area contributed by atoms with Crippen LogP contribution in [-0.2, 0) is 30.4 Å². The first-order chi connectivity index (χ1) is 19.6. The third-order valence-electron chi connectivity index (χ3n) is 7.51. The summed E-state index contributed by atoms with van der Waals surface area (Å²) in [6.45, 7) is 7.43. The van der Waals surface area contributed by atoms with E-state index in [0.29, 0.717) is 38.5 Å². The minimum absolute atomic E-state index is 0.0230. The highest BCUT2D eigenvalue weighted by atomic mass is 16.2. The summed E-state index contributed by atoms with van der Waals surface area (Å²) in [4.78, 5) is 68.0. The van der Waals surface area contributed by atoms with Crippen LogP contribution in [0.4, 0.5) is 0 Å². The number of carbonyl (C=O) groups is 5. The highest BCUT2D eigenvalue weighted by Crippen LogP contribution is 2.20. The number of para-hydroxylation sites is 1. The Balaban J connectivity index is 1.86. The Morgan fingerprint density at radius 3 is 2.34 bits per heavy atom. The van der Waals surface area contributed by atoms with Gasteiger partial charge in [-0.1, -0.05) is 51.8 Å². The van der Waals surface area contributed by atoms with E-state index in [9.17, 15) is 24.0 Å². The average molecular weight is 568 g/mol. The van der Waals surface area contributed by atoms with Gasteiger partial charge in [-0.15, -0.1) is 0 Å². The summed E-state index contributed by atoms with van der Waals surface area (Å²) < 4.78 is 0. The maximum absolute atomic E-state index is 13.7. The zero-order valence-corrected chi connectivity index (χ0v) is 24.7. The van der Waals surface area contributed by atoms with Crippen molar-refractivity contribution >= 4 is 40.3 Å². The van der Waals surface area contributed by atoms with Gasteiger partial charge in [0.05, 0.1) is 0 Å². The molecule has 4 atom stereocenters. The highest BCUT2D eigenvalue weighted by Gasteiger charge is 2.31. The van der Waals surface area contributed by atoms with Gasteiger partial charge in [-0.3, -0.25) is 24.0 Å². The molecule has 1 fully saturated rings. The zero-order chi connectivity index (χ0) is 29.9. The first kappa shape index (κ1) is 31.8. The molecule has 3 rings (SSSR count). The van der Waals surface area contributed by atoms with E-state index in [1.807, 2.05) is 51.2 Å². The summed E-state index contributed by atoms with van der Waals surface area (Å²) in [5.74, 6) is -1.24. The number of fused-ring (bicyclic) bond motifs is 1. The monoisotopic (exact) mass is 567 g/mol. The van der Waals surface area contributed by atoms with Gasteiger partial charge in [0.2, 0.25) is 23.6 Å². The van der Waals surface area contributed by atoms with Crippen molar-refractivity contribution in [3.05, 3.63) is 36.0 Å². The van der Waals surface area contributed by atoms with Crippen LogP contribution in [-0.4, -0.2) is 58.6 Å². The lowest BCUT2D eigenvalue weighted by Gasteiger charge is -2.25. The number of carbonyl (C=O) groups excluding carboxylic acids is 5. The second-order valence-corrected chi connectivity index (χ2v) is 11.5. The van der Waals surface area contributed by atoms with Crippen LogP contribution in [0.1, 0.15) is 84.6 Å². The number of aromatic nitrogens is 1. The molecule has 224 valence electrons. The molecule has 0 unspecified atom stereocenters. The van der Waals surface area contributed by atoms with Gasteiger partial charge in [0, 0.05) is 48.8 Å². The molecule has 1 aromatic carbocycles. The van der Waals surface area contributed by atoms with Crippen LogP contribution in [0, 0.1) is 5.92 Å². The first-order valence-corrected chi connectivity index (χ1v) is 14.8. The maximum atomic E-state index is 13.7. The van der Waals surface area contributed by atoms with Gasteiger partial charge in [-0.25, -0.2) is 0 Å². The molecule has 0 saturated carbocycles. The smallest absolute Gasteiger partial charge is 0.243 e. The summed E-state index contributed by atoms with van der Waals surface area (Å²) >= 11 is 0. The summed E-state index contributed by atoms with van der Waals surface area (Å²) in [6.07, 6.45) is 6.06. The molecule has 0 spiro atoms. The second-order valence-electron chi connectivity index (χ2n) is 11.5. The Labute approximate surface area is 242 Å². The predicted octanol–water partition coefficient (Wildman–Crippen LogP) is 3.05. The minimum Gasteiger partial charge on any atom is -0.361 e. The molecular weight excluding hydrogens is 522 g/mol. The van der Waals surface area contributed by atoms with Gasteiger partial charge < -0.3 is 26.3 Å². The van der Waals surface area contributed by atoms with Gasteiger partial charge in [-0.05, 0) is 43.7 Å². The normalized spacial score (nSPS) is 22.7. The largest absolute Gasteiger partial charge is 0.361 e. The number of hydrogen-bond acceptors (Lipinski definition) is 5. The van der Waals surface area contributed by atoms with Gasteiger partial charge in [0.1, 0.15) is 23.9 Å². The van der Waals surface area contributed by atoms with Crippen molar-refractivity contribution in [2.45, 2.75) is 110 Å². The Morgan fingerprint density at radius 1 is 0.902 bits per heavy atom. The maximum Gasteiger partial charge on any atom is 0.243 e. The molecule has 2 aromatic rings. The SMILES string of the molecule is CCC(=O)CCCCC[C@@H]1NC(=O)[C@H](C)NC(=O)C[C@H](CC(C)C)NC(=O)[C@H](Cc2c[nH]c3ccccc23)NC1=O. The van der Waals surface area contributed by atoms with Crippen LogP contribution in [0.2, 0.25) is 0 Å². The number of ketones is 1. The molecule has 5 N–H and O–H groups in total. The Bertz CT molecular complexity index is 1220. The number of aromatic amines is 1. The van der Waals surface area contributed by atoms with Crippen molar-refractivity contribution in [1.29, 1.82) is 0 Å². The molecule has 0 bridgehead atoms. The van der Waals surface area contributed by atoms with Crippen LogP contribution >= 0.6 is 0 Å². The van der Waals surface area contributed by atoms with E-state index in [1.54, 1.807) is 6.92 Å². The van der Waals surface area contributed by atoms with E-state index in [4.69, 9.17) is 0 Å². The summed E-state index contributed by atoms with van der Waals surface area (Å²) in [5.41, 5.74) is 1.80. The lowest BCUT2D eigenvalue weighted by atomic mass is 9.98. The molecule has 4 amide bonds. The topological polar surface area (TPSA) is 149 Å². The number of benzene rings is 1. The van der Waals surface area contributed by atoms with Gasteiger partial charge in [-0.2, -0.15) is 0 Å². The number of hydrogen-bond donors (Lipinski definition) is 5. The van der Waals surface area contributed by atoms with Gasteiger partial charge in [0.15, 0.2) is 0 Å². The van der Waals surface area contributed by atoms with Gasteiger partial charge in [0.25, 0.3) is 0 Å². The van der Waals surface area contributed by atoms with Gasteiger partial charge >= 0.3 is 0 Å². The fourth-order valence-electron chi connectivity index (χ4n) is 5.25. The second kappa shape index (κ2) is 15.3. The van der Waals surface area contributed by atoms with Crippen molar-refractivity contribution in [3.8, 4) is 0 Å². The molecule has 10 heteroatoms. The molecule has 41 heavy (non-hydrogen) atoms. The lowest BCUT2D eigenvalue weighted by Crippen LogP contribution is -2.56. The molecule has 2 heterocycles. The summed E-state index contributed by atoms with van der Waals surface area (Å²) in [6, 6.07) is 4.62. The van der Waals surface area contributed by atoms with Crippen LogP contribution in [0.5, 0.6) is 0 Å². The van der Waals surface area contributed by atoms with Crippen LogP contribution in [0.3, 0.4) is 0 Å². The number of H-pyrrole nitrogens is 1. The number of Topliss-reactive ketones (excluding diaryl/α,β-unsaturated/α-hetero) is 1. The quantitative estimate of drug-likeness (QED) is 0.265. The molecule has 1 aliphatic heterocycles. The predicted molar refractivity (Wildman–Crippen MR) is 158 cm³/mol. The van der Waals surface area contributed by atoms with Crippen molar-refractivity contribution in [3.63, 3.8) is 0 Å². The van der Waals surface area contributed by atoms with Crippen molar-refractivity contribution in [2.24, 2.45) is 5.92 Å². The van der Waals surface area contributed by atoms with E-state index in [-0.39, 0.29) is 36.4 Å². The molecule has 1 aromatic heterocycles. The van der Waals surface area contributed by atoms with Crippen LogP contribution in [0.25, 0.3) is 10.9 Å².